The summed E-state index contributed by atoms with van der Waals surface area (Å²) in [7, 11) is 1.46. The van der Waals surface area contributed by atoms with Crippen molar-refractivity contribution in [2.24, 2.45) is 0 Å². The Bertz CT molecular complexity index is 680. The predicted octanol–water partition coefficient (Wildman–Crippen LogP) is 2.66. The molecule has 1 heterocycles. The molecule has 0 bridgehead atoms. The van der Waals surface area contributed by atoms with E-state index >= 15 is 0 Å². The summed E-state index contributed by atoms with van der Waals surface area (Å²) >= 11 is 0. The SMILES string of the molecule is C=CCc1cc(/C=C(\C#N)C(=O)N2CCCC2)cc(OC)c1O. The van der Waals surface area contributed by atoms with Crippen molar-refractivity contribution in [3.05, 3.63) is 41.5 Å². The Morgan fingerprint density at radius 3 is 2.74 bits per heavy atom. The Hall–Kier alpha value is -2.74. The van der Waals surface area contributed by atoms with Crippen LogP contribution < -0.4 is 4.74 Å². The number of hydrogen-bond donors (Lipinski definition) is 1. The van der Waals surface area contributed by atoms with E-state index < -0.39 is 0 Å². The molecule has 1 amide bonds. The second-order valence-electron chi connectivity index (χ2n) is 5.39. The maximum absolute atomic E-state index is 12.4. The van der Waals surface area contributed by atoms with Gasteiger partial charge >= 0.3 is 0 Å². The topological polar surface area (TPSA) is 73.6 Å². The van der Waals surface area contributed by atoms with Crippen LogP contribution in [0.5, 0.6) is 11.5 Å². The lowest BCUT2D eigenvalue weighted by Gasteiger charge is -2.14. The lowest BCUT2D eigenvalue weighted by molar-refractivity contribution is -0.125. The van der Waals surface area contributed by atoms with Gasteiger partial charge in [-0.15, -0.1) is 6.58 Å². The lowest BCUT2D eigenvalue weighted by atomic mass is 10.0. The molecule has 5 nitrogen and oxygen atoms in total. The first-order chi connectivity index (χ1) is 11.1. The van der Waals surface area contributed by atoms with Crippen molar-refractivity contribution in [2.75, 3.05) is 20.2 Å². The number of methoxy groups -OCH3 is 1. The molecular formula is C18H20N2O3. The van der Waals surface area contributed by atoms with Crippen LogP contribution in [0, 0.1) is 11.3 Å². The van der Waals surface area contributed by atoms with Gasteiger partial charge in [-0.25, -0.2) is 0 Å². The molecule has 1 aromatic carbocycles. The third-order valence-electron chi connectivity index (χ3n) is 3.82. The number of nitriles is 1. The monoisotopic (exact) mass is 312 g/mol. The molecule has 0 radical (unpaired) electrons. The van der Waals surface area contributed by atoms with Gasteiger partial charge < -0.3 is 14.7 Å². The van der Waals surface area contributed by atoms with Gasteiger partial charge in [0, 0.05) is 18.7 Å². The average molecular weight is 312 g/mol. The smallest absolute Gasteiger partial charge is 0.264 e. The maximum atomic E-state index is 12.4. The third kappa shape index (κ3) is 3.72. The van der Waals surface area contributed by atoms with Crippen LogP contribution in [0.4, 0.5) is 0 Å². The van der Waals surface area contributed by atoms with Crippen molar-refractivity contribution in [3.8, 4) is 17.6 Å². The number of rotatable bonds is 5. The highest BCUT2D eigenvalue weighted by Crippen LogP contribution is 2.33. The highest BCUT2D eigenvalue weighted by atomic mass is 16.5. The van der Waals surface area contributed by atoms with Gasteiger partial charge in [0.2, 0.25) is 0 Å². The zero-order valence-electron chi connectivity index (χ0n) is 13.2. The van der Waals surface area contributed by atoms with Crippen LogP contribution in [0.15, 0.2) is 30.4 Å². The van der Waals surface area contributed by atoms with Crippen LogP contribution in [0.25, 0.3) is 6.08 Å². The molecule has 0 unspecified atom stereocenters. The number of likely N-dealkylation sites (tertiary alicyclic amines) is 1. The summed E-state index contributed by atoms with van der Waals surface area (Å²) in [5, 5.41) is 19.4. The maximum Gasteiger partial charge on any atom is 0.264 e. The van der Waals surface area contributed by atoms with E-state index in [4.69, 9.17) is 4.74 Å². The molecular weight excluding hydrogens is 292 g/mol. The van der Waals surface area contributed by atoms with E-state index in [1.165, 1.54) is 13.2 Å². The van der Waals surface area contributed by atoms with E-state index in [1.54, 1.807) is 23.1 Å². The molecule has 2 rings (SSSR count). The number of aromatic hydroxyl groups is 1. The zero-order chi connectivity index (χ0) is 16.8. The lowest BCUT2D eigenvalue weighted by Crippen LogP contribution is -2.28. The summed E-state index contributed by atoms with van der Waals surface area (Å²) in [4.78, 5) is 14.0. The van der Waals surface area contributed by atoms with Crippen molar-refractivity contribution < 1.29 is 14.6 Å². The van der Waals surface area contributed by atoms with Gasteiger partial charge in [0.25, 0.3) is 5.91 Å². The molecule has 0 atom stereocenters. The molecule has 0 aromatic heterocycles. The number of benzene rings is 1. The summed E-state index contributed by atoms with van der Waals surface area (Å²) in [6.07, 6.45) is 5.62. The number of carbonyl (C=O) groups is 1. The standard InChI is InChI=1S/C18H20N2O3/c1-3-6-14-9-13(11-16(23-2)17(14)21)10-15(12-19)18(22)20-7-4-5-8-20/h3,9-11,21H,1,4-8H2,2H3/b15-10+. The Morgan fingerprint density at radius 2 is 2.17 bits per heavy atom. The van der Waals surface area contributed by atoms with Crippen molar-refractivity contribution in [1.82, 2.24) is 4.90 Å². The molecule has 23 heavy (non-hydrogen) atoms. The van der Waals surface area contributed by atoms with E-state index in [0.29, 0.717) is 36.4 Å². The van der Waals surface area contributed by atoms with E-state index in [2.05, 4.69) is 6.58 Å². The van der Waals surface area contributed by atoms with Crippen LogP contribution >= 0.6 is 0 Å². The van der Waals surface area contributed by atoms with Crippen LogP contribution in [0.1, 0.15) is 24.0 Å². The minimum Gasteiger partial charge on any atom is -0.504 e. The fourth-order valence-corrected chi connectivity index (χ4v) is 2.64. The van der Waals surface area contributed by atoms with Crippen LogP contribution in [-0.2, 0) is 11.2 Å². The van der Waals surface area contributed by atoms with Crippen molar-refractivity contribution in [3.63, 3.8) is 0 Å². The van der Waals surface area contributed by atoms with Crippen molar-refractivity contribution in [1.29, 1.82) is 5.26 Å². The predicted molar refractivity (Wildman–Crippen MR) is 88.0 cm³/mol. The first-order valence-electron chi connectivity index (χ1n) is 7.52. The van der Waals surface area contributed by atoms with Crippen LogP contribution in [-0.4, -0.2) is 36.1 Å². The Morgan fingerprint density at radius 1 is 1.48 bits per heavy atom. The van der Waals surface area contributed by atoms with Gasteiger partial charge in [-0.2, -0.15) is 5.26 Å². The van der Waals surface area contributed by atoms with Gasteiger partial charge in [-0.05, 0) is 43.0 Å². The minimum atomic E-state index is -0.248. The van der Waals surface area contributed by atoms with Crippen LogP contribution in [0.2, 0.25) is 0 Å². The molecule has 1 saturated heterocycles. The number of phenolic OH excluding ortho intramolecular Hbond substituents is 1. The Kier molecular flexibility index (Phi) is 5.42. The zero-order valence-corrected chi connectivity index (χ0v) is 13.2. The molecule has 5 heteroatoms. The van der Waals surface area contributed by atoms with Gasteiger partial charge in [0.1, 0.15) is 11.6 Å². The average Bonchev–Trinajstić information content (AvgIpc) is 3.09. The highest BCUT2D eigenvalue weighted by molar-refractivity contribution is 6.01. The minimum absolute atomic E-state index is 0.0499. The summed E-state index contributed by atoms with van der Waals surface area (Å²) < 4.78 is 5.16. The van der Waals surface area contributed by atoms with Crippen molar-refractivity contribution in [2.45, 2.75) is 19.3 Å². The van der Waals surface area contributed by atoms with Gasteiger partial charge in [0.15, 0.2) is 11.5 Å². The Labute approximate surface area is 136 Å². The third-order valence-corrected chi connectivity index (χ3v) is 3.82. The second-order valence-corrected chi connectivity index (χ2v) is 5.39. The number of ether oxygens (including phenoxy) is 1. The molecule has 0 spiro atoms. The summed E-state index contributed by atoms with van der Waals surface area (Å²) in [5.41, 5.74) is 1.36. The highest BCUT2D eigenvalue weighted by Gasteiger charge is 2.21. The molecule has 1 aromatic rings. The van der Waals surface area contributed by atoms with E-state index in [9.17, 15) is 15.2 Å². The molecule has 120 valence electrons. The van der Waals surface area contributed by atoms with Crippen molar-refractivity contribution >= 4 is 12.0 Å². The molecule has 1 N–H and O–H groups in total. The number of amides is 1. The van der Waals surface area contributed by atoms with Gasteiger partial charge in [-0.3, -0.25) is 4.79 Å². The summed E-state index contributed by atoms with van der Waals surface area (Å²) in [6, 6.07) is 5.32. The normalized spacial score (nSPS) is 14.4. The first kappa shape index (κ1) is 16.6. The van der Waals surface area contributed by atoms with E-state index in [1.807, 2.05) is 6.07 Å². The number of phenols is 1. The largest absolute Gasteiger partial charge is 0.504 e. The van der Waals surface area contributed by atoms with E-state index in [0.717, 1.165) is 12.8 Å². The fourth-order valence-electron chi connectivity index (χ4n) is 2.64. The molecule has 1 fully saturated rings. The van der Waals surface area contributed by atoms with Crippen LogP contribution in [0.3, 0.4) is 0 Å². The number of carbonyl (C=O) groups excluding carboxylic acids is 1. The second kappa shape index (κ2) is 7.50. The number of allylic oxidation sites excluding steroid dienone is 1. The van der Waals surface area contributed by atoms with E-state index in [-0.39, 0.29) is 17.2 Å². The summed E-state index contributed by atoms with van der Waals surface area (Å²) in [5.74, 6) is 0.109. The molecule has 0 saturated carbocycles. The molecule has 1 aliphatic heterocycles. The Balaban J connectivity index is 2.38. The fraction of sp³-hybridized carbons (Fsp3) is 0.333. The van der Waals surface area contributed by atoms with Gasteiger partial charge in [-0.1, -0.05) is 6.08 Å². The first-order valence-corrected chi connectivity index (χ1v) is 7.52. The number of nitrogens with zero attached hydrogens (tertiary/aromatic N) is 2. The molecule has 1 aliphatic rings. The number of hydrogen-bond acceptors (Lipinski definition) is 4. The molecule has 0 aliphatic carbocycles. The van der Waals surface area contributed by atoms with Gasteiger partial charge in [0.05, 0.1) is 7.11 Å². The summed E-state index contributed by atoms with van der Waals surface area (Å²) in [6.45, 7) is 5.05. The quantitative estimate of drug-likeness (QED) is 0.515.